The zero-order valence-electron chi connectivity index (χ0n) is 12.5. The van der Waals surface area contributed by atoms with Crippen LogP contribution in [0.25, 0.3) is 0 Å². The van der Waals surface area contributed by atoms with Crippen LogP contribution < -0.4 is 10.6 Å². The first-order chi connectivity index (χ1) is 9.75. The van der Waals surface area contributed by atoms with Gasteiger partial charge in [-0.1, -0.05) is 37.5 Å². The van der Waals surface area contributed by atoms with Gasteiger partial charge in [0.1, 0.15) is 0 Å². The Hall–Kier alpha value is -1.35. The van der Waals surface area contributed by atoms with E-state index in [1.54, 1.807) is 0 Å². The van der Waals surface area contributed by atoms with Gasteiger partial charge in [-0.05, 0) is 44.2 Å². The normalized spacial score (nSPS) is 17.2. The Morgan fingerprint density at radius 1 is 1.15 bits per heavy atom. The molecule has 0 bridgehead atoms. The molecule has 3 heteroatoms. The third kappa shape index (κ3) is 4.97. The number of quaternary nitrogens is 1. The van der Waals surface area contributed by atoms with Gasteiger partial charge in [-0.3, -0.25) is 4.79 Å². The summed E-state index contributed by atoms with van der Waals surface area (Å²) >= 11 is 0. The molecule has 1 saturated carbocycles. The molecule has 1 fully saturated rings. The summed E-state index contributed by atoms with van der Waals surface area (Å²) in [6.45, 7) is 2.56. The van der Waals surface area contributed by atoms with Crippen molar-refractivity contribution < 1.29 is 10.1 Å². The van der Waals surface area contributed by atoms with E-state index in [2.05, 4.69) is 10.6 Å². The molecular weight excluding hydrogens is 248 g/mol. The average molecular weight is 275 g/mol. The maximum Gasteiger partial charge on any atom is 0.279 e. The van der Waals surface area contributed by atoms with Crippen molar-refractivity contribution in [2.75, 3.05) is 11.9 Å². The highest BCUT2D eigenvalue weighted by molar-refractivity contribution is 5.92. The van der Waals surface area contributed by atoms with E-state index >= 15 is 0 Å². The predicted molar refractivity (Wildman–Crippen MR) is 82.7 cm³/mol. The third-order valence-corrected chi connectivity index (χ3v) is 4.21. The zero-order chi connectivity index (χ0) is 14.2. The second-order valence-corrected chi connectivity index (χ2v) is 5.91. The van der Waals surface area contributed by atoms with Gasteiger partial charge in [0, 0.05) is 5.69 Å². The topological polar surface area (TPSA) is 45.7 Å². The fourth-order valence-corrected chi connectivity index (χ4v) is 2.91. The number of nitrogens with two attached hydrogens (primary N) is 1. The molecule has 1 aromatic rings. The lowest BCUT2D eigenvalue weighted by Gasteiger charge is -2.18. The molecule has 2 rings (SSSR count). The van der Waals surface area contributed by atoms with E-state index in [0.717, 1.165) is 11.3 Å². The molecule has 1 amide bonds. The highest BCUT2D eigenvalue weighted by atomic mass is 16.1. The van der Waals surface area contributed by atoms with E-state index in [1.807, 2.05) is 31.2 Å². The number of benzene rings is 1. The van der Waals surface area contributed by atoms with E-state index in [1.165, 1.54) is 44.9 Å². The number of para-hydroxylation sites is 1. The first-order valence-corrected chi connectivity index (χ1v) is 7.94. The first-order valence-electron chi connectivity index (χ1n) is 7.94. The van der Waals surface area contributed by atoms with Gasteiger partial charge < -0.3 is 10.6 Å². The van der Waals surface area contributed by atoms with Crippen molar-refractivity contribution in [1.29, 1.82) is 0 Å². The number of carbonyl (C=O) groups is 1. The standard InChI is InChI=1S/C17H26N2O/c1-14-9-7-8-12-16(14)19-17(20)13-18-15-10-5-3-2-4-6-11-15/h7-9,12,15,18H,2-6,10-11,13H2,1H3,(H,19,20)/p+1. The average Bonchev–Trinajstić information content (AvgIpc) is 2.40. The van der Waals surface area contributed by atoms with Crippen molar-refractivity contribution >= 4 is 11.6 Å². The lowest BCUT2D eigenvalue weighted by Crippen LogP contribution is -2.91. The minimum atomic E-state index is 0.112. The summed E-state index contributed by atoms with van der Waals surface area (Å²) in [7, 11) is 0. The summed E-state index contributed by atoms with van der Waals surface area (Å²) in [5.41, 5.74) is 2.05. The number of carbonyl (C=O) groups excluding carboxylic acids is 1. The van der Waals surface area contributed by atoms with Gasteiger partial charge >= 0.3 is 0 Å². The summed E-state index contributed by atoms with van der Waals surface area (Å²) < 4.78 is 0. The van der Waals surface area contributed by atoms with Gasteiger partial charge in [0.25, 0.3) is 5.91 Å². The molecule has 0 radical (unpaired) electrons. The summed E-state index contributed by atoms with van der Waals surface area (Å²) in [4.78, 5) is 12.0. The number of nitrogens with one attached hydrogen (secondary N) is 1. The fourth-order valence-electron chi connectivity index (χ4n) is 2.91. The van der Waals surface area contributed by atoms with Crippen molar-refractivity contribution in [3.63, 3.8) is 0 Å². The van der Waals surface area contributed by atoms with Crippen LogP contribution in [-0.2, 0) is 4.79 Å². The van der Waals surface area contributed by atoms with Crippen LogP contribution in [0.3, 0.4) is 0 Å². The van der Waals surface area contributed by atoms with Gasteiger partial charge in [-0.15, -0.1) is 0 Å². The molecule has 20 heavy (non-hydrogen) atoms. The molecule has 1 aromatic carbocycles. The van der Waals surface area contributed by atoms with Crippen molar-refractivity contribution in [2.45, 2.75) is 57.9 Å². The lowest BCUT2D eigenvalue weighted by molar-refractivity contribution is -0.680. The predicted octanol–water partition coefficient (Wildman–Crippen LogP) is 2.61. The Balaban J connectivity index is 1.75. The number of aryl methyl sites for hydroxylation is 1. The van der Waals surface area contributed by atoms with Gasteiger partial charge in [0.05, 0.1) is 6.04 Å². The van der Waals surface area contributed by atoms with Crippen molar-refractivity contribution in [3.8, 4) is 0 Å². The lowest BCUT2D eigenvalue weighted by atomic mass is 9.97. The van der Waals surface area contributed by atoms with Crippen LogP contribution in [0.15, 0.2) is 24.3 Å². The maximum absolute atomic E-state index is 12.0. The van der Waals surface area contributed by atoms with Crippen LogP contribution in [0.1, 0.15) is 50.5 Å². The molecule has 0 heterocycles. The monoisotopic (exact) mass is 275 g/mol. The van der Waals surface area contributed by atoms with Gasteiger partial charge in [0.15, 0.2) is 6.54 Å². The van der Waals surface area contributed by atoms with Gasteiger partial charge in [-0.25, -0.2) is 0 Å². The second-order valence-electron chi connectivity index (χ2n) is 5.91. The Kier molecular flexibility index (Phi) is 6.06. The molecule has 3 N–H and O–H groups in total. The van der Waals surface area contributed by atoms with Gasteiger partial charge in [-0.2, -0.15) is 0 Å². The Bertz CT molecular complexity index is 423. The minimum absolute atomic E-state index is 0.112. The first kappa shape index (κ1) is 15.0. The largest absolute Gasteiger partial charge is 0.336 e. The van der Waals surface area contributed by atoms with Crippen LogP contribution >= 0.6 is 0 Å². The number of hydrogen-bond acceptors (Lipinski definition) is 1. The smallest absolute Gasteiger partial charge is 0.279 e. The van der Waals surface area contributed by atoms with Crippen LogP contribution in [0, 0.1) is 6.92 Å². The number of hydrogen-bond donors (Lipinski definition) is 2. The van der Waals surface area contributed by atoms with Crippen molar-refractivity contribution in [1.82, 2.24) is 0 Å². The van der Waals surface area contributed by atoms with Crippen LogP contribution in [0.2, 0.25) is 0 Å². The summed E-state index contributed by atoms with van der Waals surface area (Å²) in [5.74, 6) is 0.112. The summed E-state index contributed by atoms with van der Waals surface area (Å²) in [5, 5.41) is 5.24. The molecule has 0 atom stereocenters. The molecule has 0 saturated heterocycles. The number of amides is 1. The molecule has 1 aliphatic rings. The molecular formula is C17H27N2O+. The van der Waals surface area contributed by atoms with Gasteiger partial charge in [0.2, 0.25) is 0 Å². The SMILES string of the molecule is Cc1ccccc1NC(=O)C[NH2+]C1CCCCCCC1. The van der Waals surface area contributed by atoms with Crippen molar-refractivity contribution in [2.24, 2.45) is 0 Å². The quantitative estimate of drug-likeness (QED) is 0.871. The van der Waals surface area contributed by atoms with E-state index in [4.69, 9.17) is 0 Å². The Labute approximate surface area is 122 Å². The molecule has 1 aliphatic carbocycles. The zero-order valence-corrected chi connectivity index (χ0v) is 12.5. The Morgan fingerprint density at radius 2 is 1.80 bits per heavy atom. The maximum atomic E-state index is 12.0. The van der Waals surface area contributed by atoms with E-state index in [9.17, 15) is 4.79 Å². The molecule has 0 aromatic heterocycles. The van der Waals surface area contributed by atoms with Crippen molar-refractivity contribution in [3.05, 3.63) is 29.8 Å². The second kappa shape index (κ2) is 8.05. The highest BCUT2D eigenvalue weighted by Crippen LogP contribution is 2.15. The van der Waals surface area contributed by atoms with E-state index < -0.39 is 0 Å². The highest BCUT2D eigenvalue weighted by Gasteiger charge is 2.15. The molecule has 3 nitrogen and oxygen atoms in total. The van der Waals surface area contributed by atoms with E-state index in [-0.39, 0.29) is 5.91 Å². The van der Waals surface area contributed by atoms with Crippen LogP contribution in [-0.4, -0.2) is 18.5 Å². The molecule has 0 unspecified atom stereocenters. The Morgan fingerprint density at radius 3 is 2.50 bits per heavy atom. The third-order valence-electron chi connectivity index (χ3n) is 4.21. The number of anilines is 1. The molecule has 0 aliphatic heterocycles. The van der Waals surface area contributed by atoms with Crippen LogP contribution in [0.4, 0.5) is 5.69 Å². The van der Waals surface area contributed by atoms with E-state index in [0.29, 0.717) is 12.6 Å². The number of rotatable bonds is 4. The summed E-state index contributed by atoms with van der Waals surface area (Å²) in [6, 6.07) is 8.57. The fraction of sp³-hybridized carbons (Fsp3) is 0.588. The van der Waals surface area contributed by atoms with Crippen LogP contribution in [0.5, 0.6) is 0 Å². The minimum Gasteiger partial charge on any atom is -0.336 e. The molecule has 0 spiro atoms. The molecule has 110 valence electrons. The summed E-state index contributed by atoms with van der Waals surface area (Å²) in [6.07, 6.45) is 9.27.